The van der Waals surface area contributed by atoms with Crippen LogP contribution in [0.2, 0.25) is 5.02 Å². The second-order valence-electron chi connectivity index (χ2n) is 4.74. The van der Waals surface area contributed by atoms with Gasteiger partial charge in [0.25, 0.3) is 0 Å². The molecular formula is C12H13ClO4. The zero-order valence-electron chi connectivity index (χ0n) is 9.74. The van der Waals surface area contributed by atoms with Crippen molar-refractivity contribution in [3.05, 3.63) is 33.8 Å². The Balaban J connectivity index is 3.57. The van der Waals surface area contributed by atoms with Crippen molar-refractivity contribution < 1.29 is 19.8 Å². The molecule has 0 radical (unpaired) electrons. The Morgan fingerprint density at radius 3 is 1.82 bits per heavy atom. The van der Waals surface area contributed by atoms with E-state index in [0.29, 0.717) is 5.56 Å². The number of carbonyl (C=O) groups is 2. The van der Waals surface area contributed by atoms with Crippen LogP contribution in [0.25, 0.3) is 0 Å². The van der Waals surface area contributed by atoms with Crippen molar-refractivity contribution in [3.63, 3.8) is 0 Å². The van der Waals surface area contributed by atoms with E-state index in [-0.39, 0.29) is 21.6 Å². The molecule has 0 unspecified atom stereocenters. The maximum absolute atomic E-state index is 11.0. The molecular weight excluding hydrogens is 244 g/mol. The van der Waals surface area contributed by atoms with E-state index in [9.17, 15) is 9.59 Å². The van der Waals surface area contributed by atoms with Crippen LogP contribution in [0.3, 0.4) is 0 Å². The number of benzene rings is 1. The third kappa shape index (κ3) is 2.77. The molecule has 0 aliphatic rings. The molecule has 1 aromatic carbocycles. The normalized spacial score (nSPS) is 11.3. The Hall–Kier alpha value is -1.55. The van der Waals surface area contributed by atoms with Gasteiger partial charge in [-0.25, -0.2) is 9.59 Å². The van der Waals surface area contributed by atoms with E-state index in [1.165, 1.54) is 12.1 Å². The third-order valence-corrected chi connectivity index (χ3v) is 2.69. The number of hydrogen-bond acceptors (Lipinski definition) is 2. The standard InChI is InChI=1S/C12H13ClO4/c1-12(2,3)8-4-6(10(14)15)7(11(16)17)5-9(8)13/h4-5H,1-3H3,(H,14,15)(H,16,17). The fraction of sp³-hybridized carbons (Fsp3) is 0.333. The van der Waals surface area contributed by atoms with Crippen LogP contribution >= 0.6 is 11.6 Å². The van der Waals surface area contributed by atoms with Crippen LogP contribution < -0.4 is 0 Å². The number of halogens is 1. The summed E-state index contributed by atoms with van der Waals surface area (Å²) in [6.45, 7) is 5.63. The van der Waals surface area contributed by atoms with Gasteiger partial charge < -0.3 is 10.2 Å². The minimum Gasteiger partial charge on any atom is -0.478 e. The monoisotopic (exact) mass is 256 g/mol. The molecule has 17 heavy (non-hydrogen) atoms. The van der Waals surface area contributed by atoms with Crippen molar-refractivity contribution in [2.75, 3.05) is 0 Å². The predicted octanol–water partition coefficient (Wildman–Crippen LogP) is 3.03. The number of hydrogen-bond donors (Lipinski definition) is 2. The molecule has 0 atom stereocenters. The second kappa shape index (κ2) is 4.37. The number of rotatable bonds is 2. The summed E-state index contributed by atoms with van der Waals surface area (Å²) in [6.07, 6.45) is 0. The quantitative estimate of drug-likeness (QED) is 0.853. The van der Waals surface area contributed by atoms with E-state index in [4.69, 9.17) is 21.8 Å². The zero-order chi connectivity index (χ0) is 13.4. The van der Waals surface area contributed by atoms with Crippen molar-refractivity contribution >= 4 is 23.5 Å². The summed E-state index contributed by atoms with van der Waals surface area (Å²) >= 11 is 5.98. The molecule has 0 spiro atoms. The average molecular weight is 257 g/mol. The van der Waals surface area contributed by atoms with Crippen molar-refractivity contribution in [3.8, 4) is 0 Å². The van der Waals surface area contributed by atoms with Gasteiger partial charge in [-0.2, -0.15) is 0 Å². The fourth-order valence-electron chi connectivity index (χ4n) is 1.50. The van der Waals surface area contributed by atoms with Gasteiger partial charge in [0, 0.05) is 5.02 Å². The number of carboxylic acids is 2. The molecule has 0 aliphatic heterocycles. The van der Waals surface area contributed by atoms with Gasteiger partial charge in [0.15, 0.2) is 0 Å². The van der Waals surface area contributed by atoms with Crippen LogP contribution in [0.4, 0.5) is 0 Å². The Morgan fingerprint density at radius 2 is 1.47 bits per heavy atom. The number of aromatic carboxylic acids is 2. The lowest BCUT2D eigenvalue weighted by atomic mass is 9.85. The molecule has 0 saturated heterocycles. The fourth-order valence-corrected chi connectivity index (χ4v) is 1.95. The molecule has 0 aliphatic carbocycles. The zero-order valence-corrected chi connectivity index (χ0v) is 10.5. The molecule has 1 aromatic rings. The van der Waals surface area contributed by atoms with Crippen LogP contribution in [0.1, 0.15) is 47.1 Å². The van der Waals surface area contributed by atoms with Crippen molar-refractivity contribution in [2.45, 2.75) is 26.2 Å². The van der Waals surface area contributed by atoms with Crippen LogP contribution in [0, 0.1) is 0 Å². The summed E-state index contributed by atoms with van der Waals surface area (Å²) in [6, 6.07) is 2.52. The highest BCUT2D eigenvalue weighted by molar-refractivity contribution is 6.32. The summed E-state index contributed by atoms with van der Waals surface area (Å²) in [5.41, 5.74) is -0.276. The summed E-state index contributed by atoms with van der Waals surface area (Å²) in [4.78, 5) is 21.9. The minimum absolute atomic E-state index is 0.244. The SMILES string of the molecule is CC(C)(C)c1cc(C(=O)O)c(C(=O)O)cc1Cl. The van der Waals surface area contributed by atoms with E-state index in [0.717, 1.165) is 0 Å². The highest BCUT2D eigenvalue weighted by atomic mass is 35.5. The summed E-state index contributed by atoms with van der Waals surface area (Å²) in [7, 11) is 0. The molecule has 0 aromatic heterocycles. The van der Waals surface area contributed by atoms with Crippen LogP contribution in [0.5, 0.6) is 0 Å². The topological polar surface area (TPSA) is 74.6 Å². The molecule has 92 valence electrons. The van der Waals surface area contributed by atoms with E-state index in [1.54, 1.807) is 0 Å². The van der Waals surface area contributed by atoms with E-state index < -0.39 is 11.9 Å². The smallest absolute Gasteiger partial charge is 0.336 e. The van der Waals surface area contributed by atoms with Gasteiger partial charge in [0.2, 0.25) is 0 Å². The molecule has 0 bridgehead atoms. The first-order valence-corrected chi connectivity index (χ1v) is 5.33. The Kier molecular flexibility index (Phi) is 3.48. The molecule has 2 N–H and O–H groups in total. The van der Waals surface area contributed by atoms with Gasteiger partial charge >= 0.3 is 11.9 Å². The summed E-state index contributed by atoms with van der Waals surface area (Å²) in [5.74, 6) is -2.57. The Morgan fingerprint density at radius 1 is 1.06 bits per heavy atom. The van der Waals surface area contributed by atoms with Crippen LogP contribution in [-0.2, 0) is 5.41 Å². The predicted molar refractivity (Wildman–Crippen MR) is 64.1 cm³/mol. The summed E-state index contributed by atoms with van der Waals surface area (Å²) in [5, 5.41) is 18.2. The Bertz CT molecular complexity index is 486. The maximum atomic E-state index is 11.0. The first kappa shape index (κ1) is 13.5. The molecule has 0 fully saturated rings. The summed E-state index contributed by atoms with van der Waals surface area (Å²) < 4.78 is 0. The van der Waals surface area contributed by atoms with Crippen molar-refractivity contribution in [1.82, 2.24) is 0 Å². The van der Waals surface area contributed by atoms with Crippen LogP contribution in [0.15, 0.2) is 12.1 Å². The third-order valence-electron chi connectivity index (χ3n) is 2.38. The minimum atomic E-state index is -1.30. The molecule has 0 heterocycles. The van der Waals surface area contributed by atoms with Gasteiger partial charge in [-0.15, -0.1) is 0 Å². The first-order chi connectivity index (χ1) is 7.64. The average Bonchev–Trinajstić information content (AvgIpc) is 2.14. The van der Waals surface area contributed by atoms with E-state index >= 15 is 0 Å². The molecule has 0 amide bonds. The molecule has 5 heteroatoms. The highest BCUT2D eigenvalue weighted by Crippen LogP contribution is 2.32. The first-order valence-electron chi connectivity index (χ1n) is 4.95. The van der Waals surface area contributed by atoms with Gasteiger partial charge in [-0.05, 0) is 23.1 Å². The number of carboxylic acid groups (broad SMARTS) is 2. The van der Waals surface area contributed by atoms with Crippen molar-refractivity contribution in [2.24, 2.45) is 0 Å². The highest BCUT2D eigenvalue weighted by Gasteiger charge is 2.24. The maximum Gasteiger partial charge on any atom is 0.336 e. The second-order valence-corrected chi connectivity index (χ2v) is 5.15. The van der Waals surface area contributed by atoms with Crippen LogP contribution in [-0.4, -0.2) is 22.2 Å². The molecule has 4 nitrogen and oxygen atoms in total. The molecule has 1 rings (SSSR count). The Labute approximate surface area is 104 Å². The molecule has 0 saturated carbocycles. The lowest BCUT2D eigenvalue weighted by Crippen LogP contribution is -2.16. The lowest BCUT2D eigenvalue weighted by Gasteiger charge is -2.21. The lowest BCUT2D eigenvalue weighted by molar-refractivity contribution is 0.0651. The van der Waals surface area contributed by atoms with Gasteiger partial charge in [0.05, 0.1) is 11.1 Å². The van der Waals surface area contributed by atoms with E-state index in [1.807, 2.05) is 20.8 Å². The van der Waals surface area contributed by atoms with E-state index in [2.05, 4.69) is 0 Å². The van der Waals surface area contributed by atoms with Gasteiger partial charge in [-0.3, -0.25) is 0 Å². The van der Waals surface area contributed by atoms with Crippen molar-refractivity contribution in [1.29, 1.82) is 0 Å². The van der Waals surface area contributed by atoms with Gasteiger partial charge in [0.1, 0.15) is 0 Å². The largest absolute Gasteiger partial charge is 0.478 e. The van der Waals surface area contributed by atoms with Gasteiger partial charge in [-0.1, -0.05) is 32.4 Å².